The van der Waals surface area contributed by atoms with Gasteiger partial charge in [0, 0.05) is 17.7 Å². The van der Waals surface area contributed by atoms with Crippen LogP contribution in [-0.4, -0.2) is 22.8 Å². The van der Waals surface area contributed by atoms with Crippen LogP contribution in [0.3, 0.4) is 0 Å². The largest absolute Gasteiger partial charge is 0.479 e. The van der Waals surface area contributed by atoms with Gasteiger partial charge >= 0.3 is 0 Å². The number of benzene rings is 2. The third-order valence-electron chi connectivity index (χ3n) is 4.33. The zero-order valence-corrected chi connectivity index (χ0v) is 12.4. The Morgan fingerprint density at radius 2 is 1.83 bits per heavy atom. The number of nitro groups is 1. The number of anilines is 1. The molecule has 0 aromatic heterocycles. The molecule has 2 amide bonds. The summed E-state index contributed by atoms with van der Waals surface area (Å²) in [4.78, 5) is 36.8. The first-order valence-corrected chi connectivity index (χ1v) is 7.43. The summed E-state index contributed by atoms with van der Waals surface area (Å²) >= 11 is 0. The molecule has 2 aromatic rings. The van der Waals surface area contributed by atoms with E-state index in [1.165, 1.54) is 18.2 Å². The molecule has 0 N–H and O–H groups in total. The minimum absolute atomic E-state index is 0.0625. The smallest absolute Gasteiger partial charge is 0.275 e. The standard InChI is InChI=1S/C17H12N2O5/c20-16-13-9-10-8-12(19(22)23)6-7-14(10)24-15(13)17(21)18(16)11-4-2-1-3-5-11/h1-8,13,15H,9H2/t13-,15+/m0/s1. The van der Waals surface area contributed by atoms with Gasteiger partial charge in [0.1, 0.15) is 5.75 Å². The van der Waals surface area contributed by atoms with Crippen LogP contribution < -0.4 is 9.64 Å². The molecule has 0 radical (unpaired) electrons. The fourth-order valence-electron chi connectivity index (χ4n) is 3.19. The van der Waals surface area contributed by atoms with Crippen molar-refractivity contribution in [3.63, 3.8) is 0 Å². The number of carbonyl (C=O) groups excluding carboxylic acids is 2. The first-order valence-electron chi connectivity index (χ1n) is 7.43. The average Bonchev–Trinajstić information content (AvgIpc) is 2.84. The molecule has 2 aliphatic heterocycles. The van der Waals surface area contributed by atoms with Crippen molar-refractivity contribution in [2.75, 3.05) is 4.90 Å². The lowest BCUT2D eigenvalue weighted by Gasteiger charge is -2.24. The summed E-state index contributed by atoms with van der Waals surface area (Å²) < 4.78 is 5.69. The van der Waals surface area contributed by atoms with Gasteiger partial charge in [-0.05, 0) is 24.6 Å². The van der Waals surface area contributed by atoms with Crippen LogP contribution in [-0.2, 0) is 16.0 Å². The van der Waals surface area contributed by atoms with E-state index in [9.17, 15) is 19.7 Å². The Kier molecular flexibility index (Phi) is 3.09. The predicted molar refractivity (Wildman–Crippen MR) is 83.6 cm³/mol. The third kappa shape index (κ3) is 2.05. The first kappa shape index (κ1) is 14.4. The van der Waals surface area contributed by atoms with E-state index < -0.39 is 22.9 Å². The van der Waals surface area contributed by atoms with Crippen molar-refractivity contribution in [2.45, 2.75) is 12.5 Å². The molecule has 2 atom stereocenters. The van der Waals surface area contributed by atoms with Crippen molar-refractivity contribution in [1.82, 2.24) is 0 Å². The van der Waals surface area contributed by atoms with E-state index in [1.807, 2.05) is 0 Å². The predicted octanol–water partition coefficient (Wildman–Crippen LogP) is 2.09. The van der Waals surface area contributed by atoms with Crippen LogP contribution >= 0.6 is 0 Å². The fourth-order valence-corrected chi connectivity index (χ4v) is 3.19. The summed E-state index contributed by atoms with van der Waals surface area (Å²) in [6, 6.07) is 12.9. The number of hydrogen-bond donors (Lipinski definition) is 0. The molecule has 24 heavy (non-hydrogen) atoms. The highest BCUT2D eigenvalue weighted by molar-refractivity contribution is 6.23. The van der Waals surface area contributed by atoms with Crippen molar-refractivity contribution < 1.29 is 19.2 Å². The minimum Gasteiger partial charge on any atom is -0.479 e. The van der Waals surface area contributed by atoms with Gasteiger partial charge in [-0.2, -0.15) is 0 Å². The van der Waals surface area contributed by atoms with Crippen molar-refractivity contribution in [2.24, 2.45) is 5.92 Å². The molecule has 0 spiro atoms. The Morgan fingerprint density at radius 1 is 1.08 bits per heavy atom. The van der Waals surface area contributed by atoms with Crippen LogP contribution in [0.15, 0.2) is 48.5 Å². The number of nitrogens with zero attached hydrogens (tertiary/aromatic N) is 2. The van der Waals surface area contributed by atoms with Gasteiger partial charge in [-0.3, -0.25) is 19.7 Å². The molecule has 2 heterocycles. The Bertz CT molecular complexity index is 865. The van der Waals surface area contributed by atoms with Gasteiger partial charge in [-0.15, -0.1) is 0 Å². The van der Waals surface area contributed by atoms with Crippen LogP contribution in [0.1, 0.15) is 5.56 Å². The lowest BCUT2D eigenvalue weighted by Crippen LogP contribution is -2.36. The van der Waals surface area contributed by atoms with Crippen LogP contribution in [0, 0.1) is 16.0 Å². The lowest BCUT2D eigenvalue weighted by atomic mass is 9.92. The number of amides is 2. The molecule has 0 bridgehead atoms. The second kappa shape index (κ2) is 5.16. The van der Waals surface area contributed by atoms with Gasteiger partial charge in [-0.1, -0.05) is 18.2 Å². The second-order valence-corrected chi connectivity index (χ2v) is 5.75. The van der Waals surface area contributed by atoms with Crippen molar-refractivity contribution in [3.05, 3.63) is 64.2 Å². The molecular formula is C17H12N2O5. The van der Waals surface area contributed by atoms with E-state index in [1.54, 1.807) is 30.3 Å². The summed E-state index contributed by atoms with van der Waals surface area (Å²) in [6.07, 6.45) is -0.637. The molecule has 7 heteroatoms. The number of ether oxygens (including phenoxy) is 1. The van der Waals surface area contributed by atoms with Gasteiger partial charge in [0.2, 0.25) is 5.91 Å². The van der Waals surface area contributed by atoms with Crippen LogP contribution in [0.2, 0.25) is 0 Å². The van der Waals surface area contributed by atoms with Crippen LogP contribution in [0.4, 0.5) is 11.4 Å². The molecule has 0 saturated carbocycles. The number of nitro benzene ring substituents is 1. The van der Waals surface area contributed by atoms with Gasteiger partial charge < -0.3 is 4.74 Å². The summed E-state index contributed by atoms with van der Waals surface area (Å²) in [5, 5.41) is 10.9. The zero-order chi connectivity index (χ0) is 16.8. The molecular weight excluding hydrogens is 312 g/mol. The maximum Gasteiger partial charge on any atom is 0.275 e. The second-order valence-electron chi connectivity index (χ2n) is 5.75. The molecule has 1 saturated heterocycles. The summed E-state index contributed by atoms with van der Waals surface area (Å²) in [6.45, 7) is 0. The molecule has 2 aliphatic rings. The maximum absolute atomic E-state index is 12.7. The van der Waals surface area contributed by atoms with Crippen molar-refractivity contribution in [3.8, 4) is 5.75 Å². The van der Waals surface area contributed by atoms with E-state index in [0.29, 0.717) is 17.0 Å². The topological polar surface area (TPSA) is 89.7 Å². The summed E-state index contributed by atoms with van der Waals surface area (Å²) in [5.41, 5.74) is 1.01. The normalized spacial score (nSPS) is 21.9. The van der Waals surface area contributed by atoms with Gasteiger partial charge in [0.05, 0.1) is 16.5 Å². The highest BCUT2D eigenvalue weighted by Crippen LogP contribution is 2.39. The highest BCUT2D eigenvalue weighted by atomic mass is 16.6. The maximum atomic E-state index is 12.7. The number of carbonyl (C=O) groups is 2. The molecule has 7 nitrogen and oxygen atoms in total. The Balaban J connectivity index is 1.70. The van der Waals surface area contributed by atoms with Crippen molar-refractivity contribution in [1.29, 1.82) is 0 Å². The molecule has 4 rings (SSSR count). The summed E-state index contributed by atoms with van der Waals surface area (Å²) in [5.74, 6) is -0.987. The fraction of sp³-hybridized carbons (Fsp3) is 0.176. The monoisotopic (exact) mass is 324 g/mol. The van der Waals surface area contributed by atoms with Gasteiger partial charge in [0.25, 0.3) is 11.6 Å². The first-order chi connectivity index (χ1) is 11.6. The quantitative estimate of drug-likeness (QED) is 0.479. The number of rotatable bonds is 2. The van der Waals surface area contributed by atoms with Gasteiger partial charge in [-0.25, -0.2) is 4.90 Å². The Labute approximate surface area is 136 Å². The van der Waals surface area contributed by atoms with E-state index in [2.05, 4.69) is 0 Å². The Hall–Kier alpha value is -3.22. The number of imide groups is 1. The zero-order valence-electron chi connectivity index (χ0n) is 12.4. The van der Waals surface area contributed by atoms with Crippen LogP contribution in [0.25, 0.3) is 0 Å². The SMILES string of the molecule is O=C1[C@H]2Cc3cc([N+](=O)[O-])ccc3O[C@H]2C(=O)N1c1ccccc1. The molecule has 1 fully saturated rings. The average molecular weight is 324 g/mol. The van der Waals surface area contributed by atoms with Crippen molar-refractivity contribution >= 4 is 23.2 Å². The number of fused-ring (bicyclic) bond motifs is 2. The highest BCUT2D eigenvalue weighted by Gasteiger charge is 2.52. The molecule has 120 valence electrons. The molecule has 0 unspecified atom stereocenters. The molecule has 0 aliphatic carbocycles. The van der Waals surface area contributed by atoms with Gasteiger partial charge in [0.15, 0.2) is 6.10 Å². The van der Waals surface area contributed by atoms with Crippen LogP contribution in [0.5, 0.6) is 5.75 Å². The third-order valence-corrected chi connectivity index (χ3v) is 4.33. The lowest BCUT2D eigenvalue weighted by molar-refractivity contribution is -0.385. The number of para-hydroxylation sites is 1. The van der Waals surface area contributed by atoms with E-state index in [4.69, 9.17) is 4.74 Å². The minimum atomic E-state index is -0.883. The van der Waals surface area contributed by atoms with E-state index in [-0.39, 0.29) is 18.0 Å². The number of non-ortho nitro benzene ring substituents is 1. The van der Waals surface area contributed by atoms with E-state index in [0.717, 1.165) is 4.90 Å². The van der Waals surface area contributed by atoms with E-state index >= 15 is 0 Å². The molecule has 2 aromatic carbocycles. The number of hydrogen-bond acceptors (Lipinski definition) is 5. The summed E-state index contributed by atoms with van der Waals surface area (Å²) in [7, 11) is 0. The Morgan fingerprint density at radius 3 is 2.54 bits per heavy atom.